The standard InChI is InChI=1S/C25H25N3O3/c1-2-31-25(30)23(14-16-11-17(15-29)13-18(26)12-16)28-24-19-7-3-5-9-21(19)27-22-10-6-4-8-20(22)24/h3-13,23,29H,2,14-15,26H2,1H3,(H,27,28). The Morgan fingerprint density at radius 1 is 1.03 bits per heavy atom. The molecule has 4 rings (SSSR count). The number of benzene rings is 3. The first-order chi connectivity index (χ1) is 15.1. The summed E-state index contributed by atoms with van der Waals surface area (Å²) in [5.74, 6) is -0.347. The van der Waals surface area contributed by atoms with Crippen LogP contribution in [0, 0.1) is 0 Å². The molecule has 0 spiro atoms. The van der Waals surface area contributed by atoms with E-state index in [2.05, 4.69) is 5.32 Å². The summed E-state index contributed by atoms with van der Waals surface area (Å²) in [6.45, 7) is 1.96. The van der Waals surface area contributed by atoms with Crippen molar-refractivity contribution in [3.63, 3.8) is 0 Å². The zero-order chi connectivity index (χ0) is 21.8. The van der Waals surface area contributed by atoms with E-state index in [0.717, 1.165) is 33.1 Å². The van der Waals surface area contributed by atoms with E-state index in [1.54, 1.807) is 13.0 Å². The zero-order valence-electron chi connectivity index (χ0n) is 17.3. The number of aliphatic hydroxyl groups is 1. The van der Waals surface area contributed by atoms with Crippen molar-refractivity contribution in [3.05, 3.63) is 77.9 Å². The molecule has 6 nitrogen and oxygen atoms in total. The number of nitrogens with one attached hydrogen (secondary N) is 1. The lowest BCUT2D eigenvalue weighted by molar-refractivity contribution is -0.144. The lowest BCUT2D eigenvalue weighted by Gasteiger charge is -2.21. The monoisotopic (exact) mass is 415 g/mol. The van der Waals surface area contributed by atoms with Crippen LogP contribution in [0.1, 0.15) is 18.1 Å². The van der Waals surface area contributed by atoms with Crippen molar-refractivity contribution >= 4 is 39.1 Å². The molecule has 0 amide bonds. The van der Waals surface area contributed by atoms with Crippen molar-refractivity contribution in [3.8, 4) is 0 Å². The van der Waals surface area contributed by atoms with Gasteiger partial charge < -0.3 is 20.9 Å². The summed E-state index contributed by atoms with van der Waals surface area (Å²) in [5, 5.41) is 14.8. The van der Waals surface area contributed by atoms with Crippen molar-refractivity contribution in [1.29, 1.82) is 0 Å². The summed E-state index contributed by atoms with van der Waals surface area (Å²) in [7, 11) is 0. The van der Waals surface area contributed by atoms with Crippen molar-refractivity contribution in [2.45, 2.75) is 26.0 Å². The number of hydrogen-bond acceptors (Lipinski definition) is 6. The summed E-state index contributed by atoms with van der Waals surface area (Å²) in [6.07, 6.45) is 0.363. The average molecular weight is 415 g/mol. The van der Waals surface area contributed by atoms with Gasteiger partial charge in [-0.15, -0.1) is 0 Å². The second kappa shape index (κ2) is 9.02. The maximum atomic E-state index is 12.9. The molecule has 0 bridgehead atoms. The van der Waals surface area contributed by atoms with Gasteiger partial charge in [-0.05, 0) is 42.3 Å². The number of rotatable bonds is 7. The number of nitrogens with zero attached hydrogens (tertiary/aromatic N) is 1. The minimum atomic E-state index is -0.637. The maximum Gasteiger partial charge on any atom is 0.328 e. The normalized spacial score (nSPS) is 12.1. The van der Waals surface area contributed by atoms with Gasteiger partial charge in [0, 0.05) is 22.9 Å². The first-order valence-electron chi connectivity index (χ1n) is 10.3. The number of aromatic nitrogens is 1. The molecule has 1 heterocycles. The van der Waals surface area contributed by atoms with Gasteiger partial charge in [-0.2, -0.15) is 0 Å². The number of pyridine rings is 1. The maximum absolute atomic E-state index is 12.9. The van der Waals surface area contributed by atoms with Crippen molar-refractivity contribution < 1.29 is 14.6 Å². The second-order valence-corrected chi connectivity index (χ2v) is 7.42. The smallest absolute Gasteiger partial charge is 0.328 e. The van der Waals surface area contributed by atoms with Gasteiger partial charge in [0.25, 0.3) is 0 Å². The fraction of sp³-hybridized carbons (Fsp3) is 0.200. The molecule has 31 heavy (non-hydrogen) atoms. The number of para-hydroxylation sites is 2. The third-order valence-electron chi connectivity index (χ3n) is 5.17. The lowest BCUT2D eigenvalue weighted by Crippen LogP contribution is -2.33. The quantitative estimate of drug-likeness (QED) is 0.239. The van der Waals surface area contributed by atoms with Gasteiger partial charge in [-0.1, -0.05) is 42.5 Å². The zero-order valence-corrected chi connectivity index (χ0v) is 17.3. The molecule has 0 saturated carbocycles. The van der Waals surface area contributed by atoms with E-state index in [4.69, 9.17) is 15.5 Å². The van der Waals surface area contributed by atoms with Crippen LogP contribution in [0.4, 0.5) is 11.4 Å². The van der Waals surface area contributed by atoms with E-state index in [1.165, 1.54) is 0 Å². The first-order valence-corrected chi connectivity index (χ1v) is 10.3. The largest absolute Gasteiger partial charge is 0.464 e. The molecule has 0 aliphatic heterocycles. The fourth-order valence-corrected chi connectivity index (χ4v) is 3.84. The molecule has 1 unspecified atom stereocenters. The number of nitrogen functional groups attached to an aromatic ring is 1. The summed E-state index contributed by atoms with van der Waals surface area (Å²) < 4.78 is 5.36. The third-order valence-corrected chi connectivity index (χ3v) is 5.17. The van der Waals surface area contributed by atoms with Crippen molar-refractivity contribution in [2.24, 2.45) is 0 Å². The molecule has 0 saturated heterocycles. The number of nitrogens with two attached hydrogens (primary N) is 1. The highest BCUT2D eigenvalue weighted by molar-refractivity contribution is 6.08. The van der Waals surface area contributed by atoms with Crippen LogP contribution >= 0.6 is 0 Å². The molecular weight excluding hydrogens is 390 g/mol. The minimum absolute atomic E-state index is 0.116. The Morgan fingerprint density at radius 2 is 1.65 bits per heavy atom. The number of aliphatic hydroxyl groups excluding tert-OH is 1. The van der Waals surface area contributed by atoms with Crippen LogP contribution in [0.2, 0.25) is 0 Å². The number of esters is 1. The number of carbonyl (C=O) groups excluding carboxylic acids is 1. The van der Waals surface area contributed by atoms with Crippen LogP contribution in [0.25, 0.3) is 21.8 Å². The second-order valence-electron chi connectivity index (χ2n) is 7.42. The van der Waals surface area contributed by atoms with E-state index in [-0.39, 0.29) is 19.2 Å². The molecule has 0 aliphatic rings. The van der Waals surface area contributed by atoms with Gasteiger partial charge >= 0.3 is 5.97 Å². The fourth-order valence-electron chi connectivity index (χ4n) is 3.84. The van der Waals surface area contributed by atoms with Gasteiger partial charge in [0.15, 0.2) is 0 Å². The summed E-state index contributed by atoms with van der Waals surface area (Å²) >= 11 is 0. The van der Waals surface area contributed by atoms with E-state index in [0.29, 0.717) is 17.7 Å². The van der Waals surface area contributed by atoms with Gasteiger partial charge in [0.05, 0.1) is 29.9 Å². The Labute approximate surface area is 180 Å². The van der Waals surface area contributed by atoms with E-state index < -0.39 is 6.04 Å². The number of anilines is 2. The van der Waals surface area contributed by atoms with Crippen molar-refractivity contribution in [2.75, 3.05) is 17.7 Å². The van der Waals surface area contributed by atoms with E-state index in [9.17, 15) is 9.90 Å². The SMILES string of the molecule is CCOC(=O)C(Cc1cc(N)cc(CO)c1)Nc1c2ccccc2nc2ccccc12. The number of carbonyl (C=O) groups is 1. The van der Waals surface area contributed by atoms with Gasteiger partial charge in [0.2, 0.25) is 0 Å². The van der Waals surface area contributed by atoms with Crippen LogP contribution in [0.5, 0.6) is 0 Å². The van der Waals surface area contributed by atoms with E-state index in [1.807, 2.05) is 60.7 Å². The third kappa shape index (κ3) is 4.44. The number of fused-ring (bicyclic) bond motifs is 2. The Kier molecular flexibility index (Phi) is 6.00. The van der Waals surface area contributed by atoms with Gasteiger partial charge in [-0.25, -0.2) is 9.78 Å². The van der Waals surface area contributed by atoms with E-state index >= 15 is 0 Å². The molecule has 3 aromatic carbocycles. The molecule has 1 atom stereocenters. The molecule has 158 valence electrons. The Morgan fingerprint density at radius 3 is 2.26 bits per heavy atom. The molecule has 1 aromatic heterocycles. The predicted molar refractivity (Wildman–Crippen MR) is 124 cm³/mol. The van der Waals surface area contributed by atoms with Gasteiger partial charge in [-0.3, -0.25) is 0 Å². The van der Waals surface area contributed by atoms with Crippen LogP contribution in [-0.4, -0.2) is 28.7 Å². The van der Waals surface area contributed by atoms with Gasteiger partial charge in [0.1, 0.15) is 6.04 Å². The minimum Gasteiger partial charge on any atom is -0.464 e. The molecule has 0 radical (unpaired) electrons. The highest BCUT2D eigenvalue weighted by Gasteiger charge is 2.23. The topological polar surface area (TPSA) is 97.5 Å². The molecule has 4 N–H and O–H groups in total. The van der Waals surface area contributed by atoms with Crippen molar-refractivity contribution in [1.82, 2.24) is 4.98 Å². The Balaban J connectivity index is 1.79. The molecule has 6 heteroatoms. The molecular formula is C25H25N3O3. The average Bonchev–Trinajstić information content (AvgIpc) is 2.78. The summed E-state index contributed by atoms with van der Waals surface area (Å²) in [5.41, 5.74) is 10.6. The highest BCUT2D eigenvalue weighted by Crippen LogP contribution is 2.31. The van der Waals surface area contributed by atoms with Crippen LogP contribution in [-0.2, 0) is 22.6 Å². The summed E-state index contributed by atoms with van der Waals surface area (Å²) in [4.78, 5) is 17.6. The van der Waals surface area contributed by atoms with Crippen LogP contribution in [0.15, 0.2) is 66.7 Å². The molecule has 0 aliphatic carbocycles. The lowest BCUT2D eigenvalue weighted by atomic mass is 10.0. The molecule has 0 fully saturated rings. The summed E-state index contributed by atoms with van der Waals surface area (Å²) in [6, 6.07) is 20.4. The number of hydrogen-bond donors (Lipinski definition) is 3. The highest BCUT2D eigenvalue weighted by atomic mass is 16.5. The van der Waals surface area contributed by atoms with Crippen LogP contribution < -0.4 is 11.1 Å². The first kappa shape index (κ1) is 20.6. The van der Waals surface area contributed by atoms with Crippen LogP contribution in [0.3, 0.4) is 0 Å². The molecule has 4 aromatic rings. The Hall–Kier alpha value is -3.64. The predicted octanol–water partition coefficient (Wildman–Crippen LogP) is 4.05. The number of ether oxygens (including phenoxy) is 1. The Bertz CT molecular complexity index is 1190.